The van der Waals surface area contributed by atoms with Crippen molar-refractivity contribution in [2.45, 2.75) is 6.92 Å². The first-order valence-corrected chi connectivity index (χ1v) is 7.39. The van der Waals surface area contributed by atoms with Crippen molar-refractivity contribution in [3.63, 3.8) is 0 Å². The molecule has 0 saturated carbocycles. The average Bonchev–Trinajstić information content (AvgIpc) is 2.97. The minimum Gasteiger partial charge on any atom is -0.380 e. The fourth-order valence-corrected chi connectivity index (χ4v) is 3.06. The predicted molar refractivity (Wildman–Crippen MR) is 82.1 cm³/mol. The third-order valence-corrected chi connectivity index (χ3v) is 4.39. The zero-order chi connectivity index (χ0) is 13.4. The first-order valence-electron chi connectivity index (χ1n) is 5.72. The molecular formula is C14H11BrN2OS. The molecule has 3 rings (SSSR count). The number of aryl methyl sites for hydroxylation is 1. The number of nitrogens with two attached hydrogens (primary N) is 1. The van der Waals surface area contributed by atoms with E-state index >= 15 is 0 Å². The molecule has 0 radical (unpaired) electrons. The van der Waals surface area contributed by atoms with Crippen LogP contribution < -0.4 is 5.73 Å². The van der Waals surface area contributed by atoms with Gasteiger partial charge in [0.05, 0.1) is 9.35 Å². The van der Waals surface area contributed by atoms with Gasteiger partial charge in [-0.3, -0.25) is 0 Å². The topological polar surface area (TPSA) is 52.0 Å². The lowest BCUT2D eigenvalue weighted by molar-refractivity contribution is 0.436. The summed E-state index contributed by atoms with van der Waals surface area (Å²) in [5.41, 5.74) is 10.0. The van der Waals surface area contributed by atoms with Gasteiger partial charge in [-0.25, -0.2) is 0 Å². The predicted octanol–water partition coefficient (Wildman–Crippen LogP) is 4.72. The van der Waals surface area contributed by atoms with Crippen molar-refractivity contribution >= 4 is 33.1 Å². The highest BCUT2D eigenvalue weighted by Gasteiger charge is 2.18. The summed E-state index contributed by atoms with van der Waals surface area (Å²) in [5.74, 6) is 1.13. The molecule has 5 heteroatoms. The number of thiophene rings is 1. The number of rotatable bonds is 2. The van der Waals surface area contributed by atoms with Crippen LogP contribution in [0.15, 0.2) is 44.0 Å². The van der Waals surface area contributed by atoms with Gasteiger partial charge in [0.2, 0.25) is 0 Å². The van der Waals surface area contributed by atoms with E-state index < -0.39 is 0 Å². The molecule has 0 aliphatic heterocycles. The van der Waals surface area contributed by atoms with Crippen molar-refractivity contribution in [2.75, 3.05) is 5.73 Å². The van der Waals surface area contributed by atoms with E-state index in [0.29, 0.717) is 11.6 Å². The minimum atomic E-state index is 0.418. The van der Waals surface area contributed by atoms with Crippen molar-refractivity contribution in [1.82, 2.24) is 5.16 Å². The lowest BCUT2D eigenvalue weighted by Gasteiger charge is -2.02. The maximum Gasteiger partial charge on any atom is 0.177 e. The fraction of sp³-hybridized carbons (Fsp3) is 0.0714. The maximum atomic E-state index is 5.94. The molecule has 0 saturated heterocycles. The molecule has 2 heterocycles. The lowest BCUT2D eigenvalue weighted by Crippen LogP contribution is -1.88. The van der Waals surface area contributed by atoms with E-state index in [9.17, 15) is 0 Å². The summed E-state index contributed by atoms with van der Waals surface area (Å²) in [6.45, 7) is 2.05. The van der Waals surface area contributed by atoms with Gasteiger partial charge in [-0.15, -0.1) is 11.3 Å². The van der Waals surface area contributed by atoms with Gasteiger partial charge < -0.3 is 10.3 Å². The van der Waals surface area contributed by atoms with Crippen molar-refractivity contribution in [3.8, 4) is 22.5 Å². The monoisotopic (exact) mass is 334 g/mol. The van der Waals surface area contributed by atoms with E-state index in [1.54, 1.807) is 11.3 Å². The number of hydrogen-bond donors (Lipinski definition) is 1. The molecule has 0 aliphatic carbocycles. The third kappa shape index (κ3) is 2.31. The van der Waals surface area contributed by atoms with Crippen molar-refractivity contribution < 1.29 is 4.52 Å². The van der Waals surface area contributed by atoms with E-state index in [0.717, 1.165) is 20.5 Å². The van der Waals surface area contributed by atoms with Crippen LogP contribution >= 0.6 is 27.3 Å². The summed E-state index contributed by atoms with van der Waals surface area (Å²) < 4.78 is 6.44. The lowest BCUT2D eigenvalue weighted by atomic mass is 10.0. The Morgan fingerprint density at radius 1 is 1.21 bits per heavy atom. The van der Waals surface area contributed by atoms with Crippen LogP contribution in [0.3, 0.4) is 0 Å². The molecule has 2 N–H and O–H groups in total. The second-order valence-electron chi connectivity index (χ2n) is 4.28. The van der Waals surface area contributed by atoms with Crippen molar-refractivity contribution in [2.24, 2.45) is 0 Å². The molecule has 0 fully saturated rings. The minimum absolute atomic E-state index is 0.418. The smallest absolute Gasteiger partial charge is 0.177 e. The van der Waals surface area contributed by atoms with Crippen LogP contribution in [0.1, 0.15) is 5.56 Å². The second-order valence-corrected chi connectivity index (χ2v) is 6.57. The Balaban J connectivity index is 2.16. The highest BCUT2D eigenvalue weighted by molar-refractivity contribution is 9.11. The zero-order valence-corrected chi connectivity index (χ0v) is 12.6. The van der Waals surface area contributed by atoms with Gasteiger partial charge in [-0.1, -0.05) is 35.0 Å². The summed E-state index contributed by atoms with van der Waals surface area (Å²) in [6, 6.07) is 10.2. The highest BCUT2D eigenvalue weighted by atomic mass is 79.9. The largest absolute Gasteiger partial charge is 0.380 e. The summed E-state index contributed by atoms with van der Waals surface area (Å²) >= 11 is 5.05. The van der Waals surface area contributed by atoms with Gasteiger partial charge in [-0.2, -0.15) is 0 Å². The normalized spacial score (nSPS) is 10.8. The number of anilines is 1. The van der Waals surface area contributed by atoms with Gasteiger partial charge in [0.25, 0.3) is 0 Å². The summed E-state index contributed by atoms with van der Waals surface area (Å²) in [7, 11) is 0. The van der Waals surface area contributed by atoms with Gasteiger partial charge in [0.1, 0.15) is 0 Å². The van der Waals surface area contributed by atoms with Gasteiger partial charge in [0.15, 0.2) is 11.6 Å². The average molecular weight is 335 g/mol. The number of nitrogens with zero attached hydrogens (tertiary/aromatic N) is 1. The van der Waals surface area contributed by atoms with Crippen LogP contribution in [0.4, 0.5) is 5.82 Å². The van der Waals surface area contributed by atoms with E-state index in [2.05, 4.69) is 40.1 Å². The van der Waals surface area contributed by atoms with Gasteiger partial charge in [-0.05, 0) is 34.5 Å². The van der Waals surface area contributed by atoms with Crippen LogP contribution in [0.5, 0.6) is 0 Å². The van der Waals surface area contributed by atoms with E-state index in [-0.39, 0.29) is 0 Å². The Labute approximate surface area is 123 Å². The van der Waals surface area contributed by atoms with E-state index in [4.69, 9.17) is 10.3 Å². The molecule has 1 aromatic carbocycles. The molecule has 0 bridgehead atoms. The standard InChI is InChI=1S/C14H11BrN2OS/c1-8-2-4-9(5-3-8)12-13(18-17-14(12)16)10-6-11(15)19-7-10/h2-7H,1H3,(H2,16,17). The molecule has 0 amide bonds. The van der Waals surface area contributed by atoms with Gasteiger partial charge >= 0.3 is 0 Å². The molecule has 19 heavy (non-hydrogen) atoms. The Bertz CT molecular complexity index is 715. The molecule has 2 aromatic heterocycles. The maximum absolute atomic E-state index is 5.94. The first-order chi connectivity index (χ1) is 9.15. The molecule has 0 spiro atoms. The Morgan fingerprint density at radius 3 is 2.58 bits per heavy atom. The molecule has 0 unspecified atom stereocenters. The number of hydrogen-bond acceptors (Lipinski definition) is 4. The highest BCUT2D eigenvalue weighted by Crippen LogP contribution is 2.39. The molecule has 0 aliphatic rings. The van der Waals surface area contributed by atoms with Crippen molar-refractivity contribution in [1.29, 1.82) is 0 Å². The van der Waals surface area contributed by atoms with E-state index in [1.165, 1.54) is 5.56 Å². The summed E-state index contributed by atoms with van der Waals surface area (Å²) in [5, 5.41) is 5.91. The zero-order valence-electron chi connectivity index (χ0n) is 10.2. The SMILES string of the molecule is Cc1ccc(-c2c(N)noc2-c2csc(Br)c2)cc1. The number of benzene rings is 1. The van der Waals surface area contributed by atoms with Crippen LogP contribution in [0.25, 0.3) is 22.5 Å². The quantitative estimate of drug-likeness (QED) is 0.737. The van der Waals surface area contributed by atoms with Crippen LogP contribution in [0, 0.1) is 6.92 Å². The molecule has 3 nitrogen and oxygen atoms in total. The van der Waals surface area contributed by atoms with Crippen LogP contribution in [-0.2, 0) is 0 Å². The Morgan fingerprint density at radius 2 is 1.95 bits per heavy atom. The number of nitrogen functional groups attached to an aromatic ring is 1. The summed E-state index contributed by atoms with van der Waals surface area (Å²) in [6.07, 6.45) is 0. The number of halogens is 1. The Kier molecular flexibility index (Phi) is 3.16. The molecule has 3 aromatic rings. The first kappa shape index (κ1) is 12.4. The second kappa shape index (κ2) is 4.83. The molecule has 0 atom stereocenters. The summed E-state index contributed by atoms with van der Waals surface area (Å²) in [4.78, 5) is 0. The van der Waals surface area contributed by atoms with Crippen LogP contribution in [0.2, 0.25) is 0 Å². The van der Waals surface area contributed by atoms with E-state index in [1.807, 2.05) is 23.6 Å². The molecular weight excluding hydrogens is 324 g/mol. The Hall–Kier alpha value is -1.59. The number of aromatic nitrogens is 1. The van der Waals surface area contributed by atoms with Crippen molar-refractivity contribution in [3.05, 3.63) is 45.1 Å². The van der Waals surface area contributed by atoms with Gasteiger partial charge in [0, 0.05) is 10.9 Å². The fourth-order valence-electron chi connectivity index (χ4n) is 1.93. The molecule has 96 valence electrons. The van der Waals surface area contributed by atoms with Crippen LogP contribution in [-0.4, -0.2) is 5.16 Å². The third-order valence-electron chi connectivity index (χ3n) is 2.89.